The molecule has 2 aliphatic rings. The molecule has 3 aromatic rings. The quantitative estimate of drug-likeness (QED) is 0.415. The monoisotopic (exact) mass is 597 g/mol. The van der Waals surface area contributed by atoms with Crippen LogP contribution in [0.4, 0.5) is 30.4 Å². The van der Waals surface area contributed by atoms with E-state index >= 15 is 4.39 Å². The van der Waals surface area contributed by atoms with Gasteiger partial charge in [0.05, 0.1) is 24.0 Å². The molecule has 0 spiro atoms. The van der Waals surface area contributed by atoms with Crippen molar-refractivity contribution in [1.82, 2.24) is 19.9 Å². The van der Waals surface area contributed by atoms with Crippen molar-refractivity contribution in [2.24, 2.45) is 0 Å². The Hall–Kier alpha value is -4.39. The van der Waals surface area contributed by atoms with Crippen molar-refractivity contribution >= 4 is 28.7 Å². The normalized spacial score (nSPS) is 19.4. The second kappa shape index (κ2) is 12.5. The molecule has 2 unspecified atom stereocenters. The van der Waals surface area contributed by atoms with Crippen LogP contribution in [0.1, 0.15) is 48.2 Å². The van der Waals surface area contributed by atoms with Crippen LogP contribution in [0.2, 0.25) is 0 Å². The van der Waals surface area contributed by atoms with Crippen LogP contribution in [0, 0.1) is 5.82 Å². The summed E-state index contributed by atoms with van der Waals surface area (Å²) in [4.78, 5) is 41.9. The molecule has 0 bridgehead atoms. The Morgan fingerprint density at radius 2 is 1.86 bits per heavy atom. The van der Waals surface area contributed by atoms with Gasteiger partial charge in [0.2, 0.25) is 11.4 Å². The number of alkyl halides is 2. The summed E-state index contributed by atoms with van der Waals surface area (Å²) in [5.41, 5.74) is 0.0219. The number of likely N-dealkylation sites (N-methyl/N-ethyl adjacent to an activating group) is 1. The van der Waals surface area contributed by atoms with E-state index in [1.807, 2.05) is 22.9 Å². The highest BCUT2D eigenvalue weighted by Gasteiger charge is 2.30. The van der Waals surface area contributed by atoms with Crippen LogP contribution in [-0.4, -0.2) is 78.2 Å². The fraction of sp³-hybridized carbons (Fsp3) is 0.400. The Morgan fingerprint density at radius 1 is 1.12 bits per heavy atom. The number of rotatable bonds is 7. The van der Waals surface area contributed by atoms with Crippen molar-refractivity contribution in [1.29, 1.82) is 0 Å². The number of hydrogen-bond acceptors (Lipinski definition) is 8. The number of ether oxygens (including phenoxy) is 1. The van der Waals surface area contributed by atoms with Crippen LogP contribution in [0.3, 0.4) is 0 Å². The van der Waals surface area contributed by atoms with Crippen molar-refractivity contribution < 1.29 is 22.7 Å². The molecule has 0 aliphatic carbocycles. The number of pyridine rings is 1. The molecule has 228 valence electrons. The molecule has 1 saturated heterocycles. The molecule has 10 nitrogen and oxygen atoms in total. The minimum atomic E-state index is -3.03. The third-order valence-electron chi connectivity index (χ3n) is 8.19. The number of methoxy groups -OCH3 is 1. The molecule has 1 aromatic carbocycles. The minimum absolute atomic E-state index is 0.145. The number of H-pyrrole nitrogens is 1. The summed E-state index contributed by atoms with van der Waals surface area (Å²) in [7, 11) is 3.55. The Labute approximate surface area is 247 Å². The number of hydrogen-bond donors (Lipinski definition) is 2. The van der Waals surface area contributed by atoms with Gasteiger partial charge in [-0.1, -0.05) is 6.08 Å². The highest BCUT2D eigenvalue weighted by Crippen LogP contribution is 2.37. The molecular weight excluding hydrogens is 563 g/mol. The lowest BCUT2D eigenvalue weighted by molar-refractivity contribution is 0.101. The van der Waals surface area contributed by atoms with Gasteiger partial charge < -0.3 is 24.8 Å². The number of amides is 1. The highest BCUT2D eigenvalue weighted by atomic mass is 19.3. The van der Waals surface area contributed by atoms with Gasteiger partial charge in [0.15, 0.2) is 0 Å². The third-order valence-corrected chi connectivity index (χ3v) is 8.19. The molecule has 13 heteroatoms. The Kier molecular flexibility index (Phi) is 8.71. The average molecular weight is 598 g/mol. The van der Waals surface area contributed by atoms with E-state index in [1.54, 1.807) is 12.1 Å². The van der Waals surface area contributed by atoms with E-state index < -0.39 is 29.3 Å². The second-order valence-corrected chi connectivity index (χ2v) is 10.9. The molecule has 0 radical (unpaired) electrons. The first-order valence-electron chi connectivity index (χ1n) is 14.0. The van der Waals surface area contributed by atoms with Crippen LogP contribution < -0.4 is 25.4 Å². The minimum Gasteiger partial charge on any atom is -0.481 e. The van der Waals surface area contributed by atoms with Crippen molar-refractivity contribution in [3.8, 4) is 5.88 Å². The van der Waals surface area contributed by atoms with Crippen LogP contribution >= 0.6 is 0 Å². The predicted octanol–water partition coefficient (Wildman–Crippen LogP) is 4.33. The zero-order chi connectivity index (χ0) is 30.8. The zero-order valence-electron chi connectivity index (χ0n) is 24.4. The molecular formula is C30H34F3N7O3. The molecule has 1 fully saturated rings. The molecule has 1 amide bonds. The number of benzene rings is 1. The zero-order valence-corrected chi connectivity index (χ0v) is 24.4. The molecule has 2 atom stereocenters. The van der Waals surface area contributed by atoms with Crippen LogP contribution in [0.15, 0.2) is 47.7 Å². The van der Waals surface area contributed by atoms with Gasteiger partial charge in [-0.15, -0.1) is 0 Å². The standard InChI is InChI=1S/C30H34F3N7O3/c1-17-14-40(15-18(2)38(17)3)25-11-23(31)20(19-5-7-39(8-6-19)26-12-28(43-4)36-16-35-26)9-24(25)37-30(42)22-13-34-27(41)10-21(22)29(32)33/h5,9-13,16-18,29H,6-8,14-15H2,1-4H3,(H,34,41)(H,37,42). The summed E-state index contributed by atoms with van der Waals surface area (Å²) in [6.45, 7) is 6.28. The predicted molar refractivity (Wildman–Crippen MR) is 159 cm³/mol. The molecule has 2 aromatic heterocycles. The molecule has 4 heterocycles. The SMILES string of the molecule is COc1cc(N2CC=C(c3cc(NC(=O)c4c[nH]c(=O)cc4C(F)F)c(N4CC(C)N(C)C(C)C4)cc3F)CC2)ncn1. The number of carbonyl (C=O) groups excluding carboxylic acids is 1. The summed E-state index contributed by atoms with van der Waals surface area (Å²) in [6, 6.07) is 5.70. The summed E-state index contributed by atoms with van der Waals surface area (Å²) >= 11 is 0. The van der Waals surface area contributed by atoms with E-state index in [0.717, 1.165) is 11.8 Å². The molecule has 43 heavy (non-hydrogen) atoms. The fourth-order valence-electron chi connectivity index (χ4n) is 5.56. The lowest BCUT2D eigenvalue weighted by Crippen LogP contribution is -2.55. The first-order chi connectivity index (χ1) is 20.5. The van der Waals surface area contributed by atoms with E-state index in [0.29, 0.717) is 67.3 Å². The van der Waals surface area contributed by atoms with Gasteiger partial charge >= 0.3 is 0 Å². The Morgan fingerprint density at radius 3 is 2.51 bits per heavy atom. The maximum Gasteiger partial charge on any atom is 0.264 e. The number of aromatic amines is 1. The number of anilines is 3. The number of piperazine rings is 1. The summed E-state index contributed by atoms with van der Waals surface area (Å²) < 4.78 is 48.5. The summed E-state index contributed by atoms with van der Waals surface area (Å²) in [5, 5.41) is 2.75. The van der Waals surface area contributed by atoms with Crippen LogP contribution in [0.25, 0.3) is 5.57 Å². The summed E-state index contributed by atoms with van der Waals surface area (Å²) in [5.74, 6) is -0.165. The molecule has 5 rings (SSSR count). The first-order valence-corrected chi connectivity index (χ1v) is 14.0. The van der Waals surface area contributed by atoms with E-state index in [9.17, 15) is 18.4 Å². The van der Waals surface area contributed by atoms with Gasteiger partial charge in [-0.2, -0.15) is 0 Å². The number of aromatic nitrogens is 3. The fourth-order valence-corrected chi connectivity index (χ4v) is 5.56. The maximum absolute atomic E-state index is 15.9. The second-order valence-electron chi connectivity index (χ2n) is 10.9. The molecule has 2 N–H and O–H groups in total. The Bertz CT molecular complexity index is 1580. The van der Waals surface area contributed by atoms with Gasteiger partial charge in [0, 0.05) is 67.7 Å². The summed E-state index contributed by atoms with van der Waals surface area (Å²) in [6.07, 6.45) is 1.76. The number of halogens is 3. The number of nitrogens with one attached hydrogen (secondary N) is 2. The van der Waals surface area contributed by atoms with Gasteiger partial charge in [0.1, 0.15) is 18.0 Å². The highest BCUT2D eigenvalue weighted by molar-refractivity contribution is 6.07. The van der Waals surface area contributed by atoms with E-state index in [4.69, 9.17) is 4.74 Å². The van der Waals surface area contributed by atoms with Gasteiger partial charge in [0.25, 0.3) is 12.3 Å². The molecule has 0 saturated carbocycles. The van der Waals surface area contributed by atoms with Gasteiger partial charge in [-0.3, -0.25) is 14.5 Å². The number of nitrogens with zero attached hydrogens (tertiary/aromatic N) is 5. The topological polar surface area (TPSA) is 107 Å². The maximum atomic E-state index is 15.9. The van der Waals surface area contributed by atoms with Gasteiger partial charge in [-0.05, 0) is 45.0 Å². The number of carbonyl (C=O) groups is 1. The lowest BCUT2D eigenvalue weighted by Gasteiger charge is -2.44. The van der Waals surface area contributed by atoms with Crippen molar-refractivity contribution in [2.45, 2.75) is 38.8 Å². The smallest absolute Gasteiger partial charge is 0.264 e. The van der Waals surface area contributed by atoms with Crippen molar-refractivity contribution in [2.75, 3.05) is 55.5 Å². The van der Waals surface area contributed by atoms with Crippen molar-refractivity contribution in [3.05, 3.63) is 75.7 Å². The molecule has 2 aliphatic heterocycles. The van der Waals surface area contributed by atoms with E-state index in [-0.39, 0.29) is 17.6 Å². The van der Waals surface area contributed by atoms with Gasteiger partial charge in [-0.25, -0.2) is 23.1 Å². The Balaban J connectivity index is 1.50. The van der Waals surface area contributed by atoms with E-state index in [1.165, 1.54) is 19.5 Å². The third kappa shape index (κ3) is 6.36. The largest absolute Gasteiger partial charge is 0.481 e. The average Bonchev–Trinajstić information content (AvgIpc) is 3.00. The lowest BCUT2D eigenvalue weighted by atomic mass is 9.96. The van der Waals surface area contributed by atoms with E-state index in [2.05, 4.69) is 39.0 Å². The van der Waals surface area contributed by atoms with Crippen LogP contribution in [-0.2, 0) is 0 Å². The van der Waals surface area contributed by atoms with Crippen molar-refractivity contribution in [3.63, 3.8) is 0 Å². The first kappa shape index (κ1) is 30.1. The van der Waals surface area contributed by atoms with Crippen LogP contribution in [0.5, 0.6) is 5.88 Å².